The smallest absolute Gasteiger partial charge is 0.227 e. The van der Waals surface area contributed by atoms with E-state index < -0.39 is 0 Å². The molecule has 1 rings (SSSR count). The Balaban J connectivity index is 3.30. The monoisotopic (exact) mass is 246 g/mol. The fourth-order valence-corrected chi connectivity index (χ4v) is 1.53. The van der Waals surface area contributed by atoms with Crippen molar-refractivity contribution in [1.29, 1.82) is 0 Å². The first-order valence-corrected chi connectivity index (χ1v) is 4.97. The molecule has 0 aliphatic rings. The van der Waals surface area contributed by atoms with Crippen LogP contribution in [0.3, 0.4) is 0 Å². The van der Waals surface area contributed by atoms with E-state index in [0.29, 0.717) is 0 Å². The normalized spacial score (nSPS) is 11.8. The average molecular weight is 247 g/mol. The zero-order valence-electron chi connectivity index (χ0n) is 8.68. The van der Waals surface area contributed by atoms with Gasteiger partial charge in [0.25, 0.3) is 0 Å². The Morgan fingerprint density at radius 2 is 1.92 bits per heavy atom. The van der Waals surface area contributed by atoms with Crippen molar-refractivity contribution in [2.45, 2.75) is 33.2 Å². The van der Waals surface area contributed by atoms with Gasteiger partial charge in [0.15, 0.2) is 0 Å². The lowest BCUT2D eigenvalue weighted by Crippen LogP contribution is -2.23. The molecule has 0 saturated heterocycles. The number of rotatable bonds is 1. The van der Waals surface area contributed by atoms with Crippen LogP contribution < -0.4 is 4.74 Å². The van der Waals surface area contributed by atoms with Crippen LogP contribution in [-0.4, -0.2) is 16.9 Å². The molecule has 1 heterocycles. The largest absolute Gasteiger partial charge is 0.480 e. The van der Waals surface area contributed by atoms with Crippen LogP contribution >= 0.6 is 15.9 Å². The number of nitrogens with zero attached hydrogens (tertiary/aromatic N) is 2. The molecule has 13 heavy (non-hydrogen) atoms. The van der Waals surface area contributed by atoms with E-state index in [1.165, 1.54) is 0 Å². The van der Waals surface area contributed by atoms with Gasteiger partial charge in [-0.3, -0.25) is 0 Å². The van der Waals surface area contributed by atoms with E-state index in [4.69, 9.17) is 4.74 Å². The SMILES string of the molecule is COc1c(Br)c(C)nn1C(C)(C)C. The van der Waals surface area contributed by atoms with Gasteiger partial charge in [0.05, 0.1) is 18.3 Å². The van der Waals surface area contributed by atoms with Gasteiger partial charge in [-0.25, -0.2) is 4.68 Å². The van der Waals surface area contributed by atoms with Crippen LogP contribution in [0.1, 0.15) is 26.5 Å². The second-order valence-corrected chi connectivity index (χ2v) is 4.78. The molecule has 1 aromatic rings. The molecule has 0 amide bonds. The second-order valence-electron chi connectivity index (χ2n) is 3.99. The lowest BCUT2D eigenvalue weighted by molar-refractivity contribution is 0.281. The molecule has 0 bridgehead atoms. The summed E-state index contributed by atoms with van der Waals surface area (Å²) in [5.41, 5.74) is 0.897. The van der Waals surface area contributed by atoms with Gasteiger partial charge in [-0.1, -0.05) is 0 Å². The Labute approximate surface area is 87.2 Å². The summed E-state index contributed by atoms with van der Waals surface area (Å²) in [6.07, 6.45) is 0. The maximum atomic E-state index is 5.28. The molecule has 4 heteroatoms. The minimum absolute atomic E-state index is 0.0534. The first-order valence-electron chi connectivity index (χ1n) is 4.17. The van der Waals surface area contributed by atoms with Crippen LogP contribution in [-0.2, 0) is 5.54 Å². The van der Waals surface area contributed by atoms with E-state index in [1.807, 2.05) is 11.6 Å². The molecule has 0 aliphatic heterocycles. The third kappa shape index (κ3) is 1.88. The van der Waals surface area contributed by atoms with E-state index in [1.54, 1.807) is 7.11 Å². The van der Waals surface area contributed by atoms with Gasteiger partial charge in [-0.15, -0.1) is 0 Å². The van der Waals surface area contributed by atoms with Gasteiger partial charge in [-0.2, -0.15) is 5.10 Å². The molecule has 0 N–H and O–H groups in total. The summed E-state index contributed by atoms with van der Waals surface area (Å²) in [7, 11) is 1.66. The molecular weight excluding hydrogens is 232 g/mol. The molecule has 0 aromatic carbocycles. The summed E-state index contributed by atoms with van der Waals surface area (Å²) in [5, 5.41) is 4.40. The number of aryl methyl sites for hydroxylation is 1. The Morgan fingerprint density at radius 3 is 2.23 bits per heavy atom. The summed E-state index contributed by atoms with van der Waals surface area (Å²) in [6.45, 7) is 8.23. The van der Waals surface area contributed by atoms with Crippen LogP contribution in [0.4, 0.5) is 0 Å². The van der Waals surface area contributed by atoms with Crippen molar-refractivity contribution in [3.05, 3.63) is 10.2 Å². The van der Waals surface area contributed by atoms with Gasteiger partial charge in [0.1, 0.15) is 4.47 Å². The molecule has 0 atom stereocenters. The molecule has 0 radical (unpaired) electrons. The van der Waals surface area contributed by atoms with Crippen LogP contribution in [0, 0.1) is 6.92 Å². The highest BCUT2D eigenvalue weighted by molar-refractivity contribution is 9.10. The maximum Gasteiger partial charge on any atom is 0.227 e. The fourth-order valence-electron chi connectivity index (χ4n) is 1.12. The van der Waals surface area contributed by atoms with Crippen molar-refractivity contribution in [2.24, 2.45) is 0 Å². The van der Waals surface area contributed by atoms with Crippen molar-refractivity contribution >= 4 is 15.9 Å². The zero-order chi connectivity index (χ0) is 10.2. The topological polar surface area (TPSA) is 27.1 Å². The summed E-state index contributed by atoms with van der Waals surface area (Å²) >= 11 is 3.45. The van der Waals surface area contributed by atoms with E-state index >= 15 is 0 Å². The van der Waals surface area contributed by atoms with Crippen LogP contribution in [0.2, 0.25) is 0 Å². The van der Waals surface area contributed by atoms with Crippen molar-refractivity contribution in [3.63, 3.8) is 0 Å². The predicted molar refractivity (Wildman–Crippen MR) is 56.2 cm³/mol. The number of halogens is 1. The first-order chi connectivity index (χ1) is 5.88. The lowest BCUT2D eigenvalue weighted by atomic mass is 10.1. The van der Waals surface area contributed by atoms with Crippen molar-refractivity contribution < 1.29 is 4.74 Å². The lowest BCUT2D eigenvalue weighted by Gasteiger charge is -2.21. The summed E-state index contributed by atoms with van der Waals surface area (Å²) < 4.78 is 8.09. The fraction of sp³-hybridized carbons (Fsp3) is 0.667. The highest BCUT2D eigenvalue weighted by atomic mass is 79.9. The molecule has 3 nitrogen and oxygen atoms in total. The number of hydrogen-bond acceptors (Lipinski definition) is 2. The van der Waals surface area contributed by atoms with Crippen molar-refractivity contribution in [2.75, 3.05) is 7.11 Å². The van der Waals surface area contributed by atoms with Crippen molar-refractivity contribution in [1.82, 2.24) is 9.78 Å². The molecule has 0 unspecified atom stereocenters. The molecule has 0 aliphatic carbocycles. The van der Waals surface area contributed by atoms with Crippen LogP contribution in [0.25, 0.3) is 0 Å². The highest BCUT2D eigenvalue weighted by Crippen LogP contribution is 2.32. The minimum atomic E-state index is -0.0534. The Kier molecular flexibility index (Phi) is 2.71. The Morgan fingerprint density at radius 1 is 1.38 bits per heavy atom. The van der Waals surface area contributed by atoms with E-state index in [0.717, 1.165) is 16.0 Å². The zero-order valence-corrected chi connectivity index (χ0v) is 10.3. The predicted octanol–water partition coefficient (Wildman–Crippen LogP) is 2.72. The summed E-state index contributed by atoms with van der Waals surface area (Å²) in [5.74, 6) is 0.782. The first kappa shape index (κ1) is 10.6. The van der Waals surface area contributed by atoms with Gasteiger partial charge in [-0.05, 0) is 43.6 Å². The number of aromatic nitrogens is 2. The molecule has 74 valence electrons. The van der Waals surface area contributed by atoms with E-state index in [9.17, 15) is 0 Å². The number of ether oxygens (including phenoxy) is 1. The summed E-state index contributed by atoms with van der Waals surface area (Å²) in [6, 6.07) is 0. The standard InChI is InChI=1S/C9H15BrN2O/c1-6-7(10)8(13-5)12(11-6)9(2,3)4/h1-5H3. The molecule has 1 aromatic heterocycles. The van der Waals surface area contributed by atoms with E-state index in [2.05, 4.69) is 41.8 Å². The molecule has 0 saturated carbocycles. The van der Waals surface area contributed by atoms with Gasteiger partial charge in [0, 0.05) is 0 Å². The third-order valence-corrected chi connectivity index (χ3v) is 2.69. The quantitative estimate of drug-likeness (QED) is 0.762. The molecular formula is C9H15BrN2O. The number of methoxy groups -OCH3 is 1. The Hall–Kier alpha value is -0.510. The van der Waals surface area contributed by atoms with Crippen LogP contribution in [0.15, 0.2) is 4.47 Å². The van der Waals surface area contributed by atoms with Gasteiger partial charge >= 0.3 is 0 Å². The van der Waals surface area contributed by atoms with Gasteiger partial charge < -0.3 is 4.74 Å². The third-order valence-electron chi connectivity index (χ3n) is 1.78. The maximum absolute atomic E-state index is 5.28. The highest BCUT2D eigenvalue weighted by Gasteiger charge is 2.22. The second kappa shape index (κ2) is 3.33. The molecule has 0 fully saturated rings. The van der Waals surface area contributed by atoms with Gasteiger partial charge in [0.2, 0.25) is 5.88 Å². The Bertz CT molecular complexity index is 312. The van der Waals surface area contributed by atoms with Crippen molar-refractivity contribution in [3.8, 4) is 5.88 Å². The number of hydrogen-bond donors (Lipinski definition) is 0. The summed E-state index contributed by atoms with van der Waals surface area (Å²) in [4.78, 5) is 0. The molecule has 0 spiro atoms. The average Bonchev–Trinajstić information content (AvgIpc) is 2.28. The van der Waals surface area contributed by atoms with Crippen LogP contribution in [0.5, 0.6) is 5.88 Å². The minimum Gasteiger partial charge on any atom is -0.480 e. The van der Waals surface area contributed by atoms with E-state index in [-0.39, 0.29) is 5.54 Å².